The minimum Gasteiger partial charge on any atom is -0.479 e. The van der Waals surface area contributed by atoms with Crippen LogP contribution in [0.3, 0.4) is 0 Å². The molecular weight excluding hydrogens is 294 g/mol. The zero-order chi connectivity index (χ0) is 15.4. The Labute approximate surface area is 129 Å². The van der Waals surface area contributed by atoms with Gasteiger partial charge in [-0.15, -0.1) is 0 Å². The van der Waals surface area contributed by atoms with Crippen LogP contribution in [0.15, 0.2) is 18.2 Å². The Morgan fingerprint density at radius 2 is 2.05 bits per heavy atom. The fourth-order valence-electron chi connectivity index (χ4n) is 2.15. The first-order chi connectivity index (χ1) is 9.99. The molecule has 1 saturated heterocycles. The summed E-state index contributed by atoms with van der Waals surface area (Å²) in [7, 11) is 0. The highest BCUT2D eigenvalue weighted by Crippen LogP contribution is 2.28. The van der Waals surface area contributed by atoms with Crippen molar-refractivity contribution in [3.8, 4) is 5.75 Å². The summed E-state index contributed by atoms with van der Waals surface area (Å²) in [4.78, 5) is 14.0. The Morgan fingerprint density at radius 1 is 1.38 bits per heavy atom. The van der Waals surface area contributed by atoms with Crippen LogP contribution in [0.1, 0.15) is 25.5 Å². The van der Waals surface area contributed by atoms with Gasteiger partial charge in [-0.05, 0) is 31.5 Å². The summed E-state index contributed by atoms with van der Waals surface area (Å²) >= 11 is 6.13. The van der Waals surface area contributed by atoms with E-state index in [1.165, 1.54) is 0 Å². The zero-order valence-electron chi connectivity index (χ0n) is 12.2. The first-order valence-corrected chi connectivity index (χ1v) is 7.37. The van der Waals surface area contributed by atoms with Crippen LogP contribution in [0.5, 0.6) is 5.75 Å². The zero-order valence-corrected chi connectivity index (χ0v) is 13.0. The van der Waals surface area contributed by atoms with Gasteiger partial charge >= 0.3 is 0 Å². The molecule has 0 radical (unpaired) electrons. The molecule has 1 N–H and O–H groups in total. The normalized spacial score (nSPS) is 18.2. The van der Waals surface area contributed by atoms with Gasteiger partial charge in [0.15, 0.2) is 6.10 Å². The number of halogens is 1. The van der Waals surface area contributed by atoms with E-state index >= 15 is 0 Å². The second-order valence-electron chi connectivity index (χ2n) is 5.06. The van der Waals surface area contributed by atoms with Gasteiger partial charge in [0.1, 0.15) is 5.75 Å². The van der Waals surface area contributed by atoms with Gasteiger partial charge in [0.25, 0.3) is 5.91 Å². The van der Waals surface area contributed by atoms with Gasteiger partial charge in [-0.25, -0.2) is 0 Å². The molecule has 0 aromatic heterocycles. The van der Waals surface area contributed by atoms with Gasteiger partial charge in [0, 0.05) is 13.1 Å². The molecule has 2 rings (SSSR count). The van der Waals surface area contributed by atoms with E-state index in [9.17, 15) is 9.90 Å². The van der Waals surface area contributed by atoms with Gasteiger partial charge in [0.2, 0.25) is 0 Å². The third-order valence-electron chi connectivity index (χ3n) is 3.41. The van der Waals surface area contributed by atoms with Crippen LogP contribution in [0, 0.1) is 0 Å². The van der Waals surface area contributed by atoms with E-state index in [2.05, 4.69) is 0 Å². The molecule has 2 atom stereocenters. The largest absolute Gasteiger partial charge is 0.479 e. The molecule has 116 valence electrons. The van der Waals surface area contributed by atoms with Crippen molar-refractivity contribution in [1.29, 1.82) is 0 Å². The Hall–Kier alpha value is -1.30. The van der Waals surface area contributed by atoms with E-state index in [1.54, 1.807) is 36.9 Å². The van der Waals surface area contributed by atoms with Crippen molar-refractivity contribution in [3.63, 3.8) is 0 Å². The average Bonchev–Trinajstić information content (AvgIpc) is 2.49. The molecule has 1 amide bonds. The first kappa shape index (κ1) is 16.1. The number of carbonyl (C=O) groups is 1. The maximum Gasteiger partial charge on any atom is 0.263 e. The molecule has 1 aromatic rings. The number of amides is 1. The number of rotatable bonds is 4. The number of hydrogen-bond donors (Lipinski definition) is 1. The van der Waals surface area contributed by atoms with Gasteiger partial charge in [-0.2, -0.15) is 0 Å². The second-order valence-corrected chi connectivity index (χ2v) is 5.47. The molecule has 1 fully saturated rings. The topological polar surface area (TPSA) is 59.0 Å². The first-order valence-electron chi connectivity index (χ1n) is 6.99. The number of morpholine rings is 1. The standard InChI is InChI=1S/C15H20ClNO4/c1-10(18)12-3-4-14(13(16)9-12)21-11(2)15(19)17-5-7-20-8-6-17/h3-4,9-11,18H,5-8H2,1-2H3/t10-,11?/m0/s1. The predicted octanol–water partition coefficient (Wildman–Crippen LogP) is 2.02. The van der Waals surface area contributed by atoms with Crippen LogP contribution in [-0.4, -0.2) is 48.3 Å². The van der Waals surface area contributed by atoms with E-state index < -0.39 is 12.2 Å². The van der Waals surface area contributed by atoms with Gasteiger partial charge in [-0.1, -0.05) is 17.7 Å². The van der Waals surface area contributed by atoms with Crippen LogP contribution in [-0.2, 0) is 9.53 Å². The summed E-state index contributed by atoms with van der Waals surface area (Å²) in [5.74, 6) is 0.365. The van der Waals surface area contributed by atoms with Crippen LogP contribution in [0.25, 0.3) is 0 Å². The Morgan fingerprint density at radius 3 is 2.62 bits per heavy atom. The molecule has 1 heterocycles. The van der Waals surface area contributed by atoms with Crippen LogP contribution in [0.2, 0.25) is 5.02 Å². The number of aliphatic hydroxyl groups is 1. The number of ether oxygens (including phenoxy) is 2. The van der Waals surface area contributed by atoms with Crippen molar-refractivity contribution in [2.45, 2.75) is 26.1 Å². The number of benzene rings is 1. The van der Waals surface area contributed by atoms with E-state index in [4.69, 9.17) is 21.1 Å². The van der Waals surface area contributed by atoms with E-state index in [1.807, 2.05) is 0 Å². The van der Waals surface area contributed by atoms with Gasteiger partial charge in [0.05, 0.1) is 24.3 Å². The van der Waals surface area contributed by atoms with Crippen molar-refractivity contribution in [3.05, 3.63) is 28.8 Å². The summed E-state index contributed by atoms with van der Waals surface area (Å²) in [6, 6.07) is 5.05. The lowest BCUT2D eigenvalue weighted by molar-refractivity contribution is -0.142. The summed E-state index contributed by atoms with van der Waals surface area (Å²) < 4.78 is 10.9. The van der Waals surface area contributed by atoms with Crippen molar-refractivity contribution in [2.75, 3.05) is 26.3 Å². The van der Waals surface area contributed by atoms with Crippen LogP contribution >= 0.6 is 11.6 Å². The third kappa shape index (κ3) is 4.09. The molecule has 0 bridgehead atoms. The number of hydrogen-bond acceptors (Lipinski definition) is 4. The lowest BCUT2D eigenvalue weighted by atomic mass is 10.1. The quantitative estimate of drug-likeness (QED) is 0.924. The monoisotopic (exact) mass is 313 g/mol. The van der Waals surface area contributed by atoms with E-state index in [-0.39, 0.29) is 5.91 Å². The summed E-state index contributed by atoms with van der Waals surface area (Å²) in [5.41, 5.74) is 0.708. The van der Waals surface area contributed by atoms with Crippen molar-refractivity contribution < 1.29 is 19.4 Å². The predicted molar refractivity (Wildman–Crippen MR) is 79.6 cm³/mol. The molecule has 0 aliphatic carbocycles. The SMILES string of the molecule is CC(Oc1ccc([C@H](C)O)cc1Cl)C(=O)N1CCOCC1. The molecule has 1 aliphatic heterocycles. The third-order valence-corrected chi connectivity index (χ3v) is 3.71. The van der Waals surface area contributed by atoms with Gasteiger partial charge in [-0.3, -0.25) is 4.79 Å². The van der Waals surface area contributed by atoms with Gasteiger partial charge < -0.3 is 19.5 Å². The highest BCUT2D eigenvalue weighted by Gasteiger charge is 2.24. The molecule has 1 aliphatic rings. The fraction of sp³-hybridized carbons (Fsp3) is 0.533. The average molecular weight is 314 g/mol. The highest BCUT2D eigenvalue weighted by atomic mass is 35.5. The lowest BCUT2D eigenvalue weighted by Gasteiger charge is -2.29. The van der Waals surface area contributed by atoms with Crippen molar-refractivity contribution >= 4 is 17.5 Å². The van der Waals surface area contributed by atoms with Crippen molar-refractivity contribution in [2.24, 2.45) is 0 Å². The fourth-order valence-corrected chi connectivity index (χ4v) is 2.39. The summed E-state index contributed by atoms with van der Waals surface area (Å²) in [6.07, 6.45) is -1.21. The van der Waals surface area contributed by atoms with E-state index in [0.717, 1.165) is 0 Å². The smallest absolute Gasteiger partial charge is 0.263 e. The van der Waals surface area contributed by atoms with Crippen LogP contribution in [0.4, 0.5) is 0 Å². The maximum absolute atomic E-state index is 12.3. The minimum atomic E-state index is -0.613. The summed E-state index contributed by atoms with van der Waals surface area (Å²) in [5, 5.41) is 9.89. The maximum atomic E-state index is 12.3. The highest BCUT2D eigenvalue weighted by molar-refractivity contribution is 6.32. The number of carbonyl (C=O) groups excluding carboxylic acids is 1. The van der Waals surface area contributed by atoms with Crippen LogP contribution < -0.4 is 4.74 Å². The molecule has 0 spiro atoms. The molecule has 0 saturated carbocycles. The molecule has 5 nitrogen and oxygen atoms in total. The number of nitrogens with zero attached hydrogens (tertiary/aromatic N) is 1. The molecule has 6 heteroatoms. The second kappa shape index (κ2) is 7.11. The Balaban J connectivity index is 2.01. The Bertz CT molecular complexity index is 500. The van der Waals surface area contributed by atoms with Crippen molar-refractivity contribution in [1.82, 2.24) is 4.90 Å². The Kier molecular flexibility index (Phi) is 5.45. The molecule has 1 unspecified atom stereocenters. The molecule has 21 heavy (non-hydrogen) atoms. The molecular formula is C15H20ClNO4. The lowest BCUT2D eigenvalue weighted by Crippen LogP contribution is -2.46. The number of aliphatic hydroxyl groups excluding tert-OH is 1. The van der Waals surface area contributed by atoms with E-state index in [0.29, 0.717) is 42.6 Å². The summed E-state index contributed by atoms with van der Waals surface area (Å²) in [6.45, 7) is 5.65. The minimum absolute atomic E-state index is 0.0750. The molecule has 1 aromatic carbocycles.